The van der Waals surface area contributed by atoms with E-state index in [4.69, 9.17) is 5.73 Å². The van der Waals surface area contributed by atoms with Crippen LogP contribution in [0.15, 0.2) is 12.1 Å². The molecule has 0 aliphatic heterocycles. The predicted octanol–water partition coefficient (Wildman–Crippen LogP) is 2.43. The molecule has 0 heterocycles. The van der Waals surface area contributed by atoms with Crippen LogP contribution in [0, 0.1) is 18.6 Å². The van der Waals surface area contributed by atoms with Crippen LogP contribution >= 0.6 is 0 Å². The number of halogens is 2. The molecule has 0 amide bonds. The monoisotopic (exact) mass is 229 g/mol. The van der Waals surface area contributed by atoms with Crippen LogP contribution in [0.2, 0.25) is 0 Å². The van der Waals surface area contributed by atoms with Gasteiger partial charge >= 0.3 is 0 Å². The molecular weight excluding hydrogens is 212 g/mol. The third kappa shape index (κ3) is 2.57. The number of aliphatic hydroxyl groups is 1. The minimum absolute atomic E-state index is 0.221. The predicted molar refractivity (Wildman–Crippen MR) is 58.9 cm³/mol. The van der Waals surface area contributed by atoms with E-state index in [0.717, 1.165) is 0 Å². The molecular formula is C12H17F2NO. The Morgan fingerprint density at radius 2 is 2.00 bits per heavy atom. The topological polar surface area (TPSA) is 46.2 Å². The molecule has 0 aliphatic carbocycles. The van der Waals surface area contributed by atoms with E-state index < -0.39 is 23.8 Å². The third-order valence-corrected chi connectivity index (χ3v) is 2.65. The lowest BCUT2D eigenvalue weighted by Crippen LogP contribution is -2.28. The Morgan fingerprint density at radius 3 is 2.56 bits per heavy atom. The molecule has 3 N–H and O–H groups in total. The zero-order valence-corrected chi connectivity index (χ0v) is 9.50. The van der Waals surface area contributed by atoms with Crippen LogP contribution in [-0.2, 0) is 0 Å². The van der Waals surface area contributed by atoms with E-state index >= 15 is 0 Å². The largest absolute Gasteiger partial charge is 0.391 e. The van der Waals surface area contributed by atoms with E-state index in [-0.39, 0.29) is 5.56 Å². The van der Waals surface area contributed by atoms with Gasteiger partial charge < -0.3 is 10.8 Å². The Labute approximate surface area is 94.1 Å². The van der Waals surface area contributed by atoms with Crippen molar-refractivity contribution < 1.29 is 13.9 Å². The van der Waals surface area contributed by atoms with Crippen molar-refractivity contribution in [3.05, 3.63) is 34.9 Å². The Hall–Kier alpha value is -1.00. The van der Waals surface area contributed by atoms with Gasteiger partial charge in [-0.1, -0.05) is 19.4 Å². The molecule has 2 atom stereocenters. The van der Waals surface area contributed by atoms with E-state index in [2.05, 4.69) is 0 Å². The highest BCUT2D eigenvalue weighted by molar-refractivity contribution is 5.29. The highest BCUT2D eigenvalue weighted by Crippen LogP contribution is 2.25. The van der Waals surface area contributed by atoms with Crippen molar-refractivity contribution in [3.63, 3.8) is 0 Å². The zero-order valence-electron chi connectivity index (χ0n) is 9.50. The molecule has 0 saturated heterocycles. The van der Waals surface area contributed by atoms with Gasteiger partial charge in [0, 0.05) is 5.56 Å². The molecule has 0 bridgehead atoms. The normalized spacial score (nSPS) is 14.9. The molecule has 16 heavy (non-hydrogen) atoms. The van der Waals surface area contributed by atoms with Crippen molar-refractivity contribution in [2.75, 3.05) is 0 Å². The third-order valence-electron chi connectivity index (χ3n) is 2.65. The fraction of sp³-hybridized carbons (Fsp3) is 0.500. The van der Waals surface area contributed by atoms with Crippen LogP contribution < -0.4 is 5.73 Å². The zero-order chi connectivity index (χ0) is 12.3. The summed E-state index contributed by atoms with van der Waals surface area (Å²) in [7, 11) is 0. The van der Waals surface area contributed by atoms with Crippen LogP contribution in [0.5, 0.6) is 0 Å². The second kappa shape index (κ2) is 5.37. The maximum Gasteiger partial charge on any atom is 0.133 e. The summed E-state index contributed by atoms with van der Waals surface area (Å²) in [6.07, 6.45) is 0.216. The summed E-state index contributed by atoms with van der Waals surface area (Å²) in [5, 5.41) is 9.65. The quantitative estimate of drug-likeness (QED) is 0.833. The number of rotatable bonds is 4. The fourth-order valence-electron chi connectivity index (χ4n) is 1.65. The Morgan fingerprint density at radius 1 is 1.38 bits per heavy atom. The summed E-state index contributed by atoms with van der Waals surface area (Å²) >= 11 is 0. The van der Waals surface area contributed by atoms with Gasteiger partial charge in [0.2, 0.25) is 0 Å². The molecule has 90 valence electrons. The van der Waals surface area contributed by atoms with Gasteiger partial charge in [-0.25, -0.2) is 8.78 Å². The van der Waals surface area contributed by atoms with Gasteiger partial charge in [-0.3, -0.25) is 0 Å². The van der Waals surface area contributed by atoms with Crippen molar-refractivity contribution in [2.45, 2.75) is 38.8 Å². The summed E-state index contributed by atoms with van der Waals surface area (Å²) in [5.74, 6) is -1.37. The first kappa shape index (κ1) is 13.1. The highest BCUT2D eigenvalue weighted by Gasteiger charge is 2.23. The van der Waals surface area contributed by atoms with Gasteiger partial charge in [-0.05, 0) is 25.0 Å². The lowest BCUT2D eigenvalue weighted by molar-refractivity contribution is 0.131. The SMILES string of the molecule is CCC[C@@H](O)[C@@H](N)c1c(F)ccc(C)c1F. The van der Waals surface area contributed by atoms with Crippen LogP contribution in [0.3, 0.4) is 0 Å². The van der Waals surface area contributed by atoms with Crippen LogP contribution in [0.25, 0.3) is 0 Å². The van der Waals surface area contributed by atoms with Crippen molar-refractivity contribution >= 4 is 0 Å². The van der Waals surface area contributed by atoms with Crippen LogP contribution in [0.4, 0.5) is 8.78 Å². The number of benzene rings is 1. The first-order chi connectivity index (χ1) is 7.49. The molecule has 2 nitrogen and oxygen atoms in total. The average Bonchev–Trinajstić information content (AvgIpc) is 2.24. The first-order valence-corrected chi connectivity index (χ1v) is 5.37. The molecule has 0 unspecified atom stereocenters. The molecule has 0 spiro atoms. The highest BCUT2D eigenvalue weighted by atomic mass is 19.1. The lowest BCUT2D eigenvalue weighted by Gasteiger charge is -2.20. The molecule has 0 saturated carbocycles. The lowest BCUT2D eigenvalue weighted by atomic mass is 9.96. The van der Waals surface area contributed by atoms with Gasteiger partial charge in [0.15, 0.2) is 0 Å². The van der Waals surface area contributed by atoms with E-state index in [1.54, 1.807) is 0 Å². The molecule has 1 aromatic rings. The minimum Gasteiger partial charge on any atom is -0.391 e. The van der Waals surface area contributed by atoms with E-state index in [0.29, 0.717) is 18.4 Å². The number of nitrogens with two attached hydrogens (primary N) is 1. The maximum atomic E-state index is 13.7. The summed E-state index contributed by atoms with van der Waals surface area (Å²) in [6, 6.07) is 1.51. The Kier molecular flexibility index (Phi) is 4.38. The first-order valence-electron chi connectivity index (χ1n) is 5.37. The maximum absolute atomic E-state index is 13.7. The molecule has 0 aliphatic rings. The smallest absolute Gasteiger partial charge is 0.133 e. The van der Waals surface area contributed by atoms with Gasteiger partial charge in [0.25, 0.3) is 0 Å². The van der Waals surface area contributed by atoms with Crippen LogP contribution in [0.1, 0.15) is 36.9 Å². The molecule has 0 aromatic heterocycles. The summed E-state index contributed by atoms with van der Waals surface area (Å²) in [5.41, 5.74) is 5.77. The fourth-order valence-corrected chi connectivity index (χ4v) is 1.65. The number of aliphatic hydroxyl groups excluding tert-OH is 1. The van der Waals surface area contributed by atoms with E-state index in [9.17, 15) is 13.9 Å². The number of hydrogen-bond donors (Lipinski definition) is 2. The Bertz CT molecular complexity index is 368. The minimum atomic E-state index is -1.01. The van der Waals surface area contributed by atoms with Gasteiger partial charge in [-0.15, -0.1) is 0 Å². The average molecular weight is 229 g/mol. The van der Waals surface area contributed by atoms with Gasteiger partial charge in [0.05, 0.1) is 12.1 Å². The van der Waals surface area contributed by atoms with Gasteiger partial charge in [0.1, 0.15) is 11.6 Å². The van der Waals surface area contributed by atoms with Crippen molar-refractivity contribution in [2.24, 2.45) is 5.73 Å². The molecule has 0 radical (unpaired) electrons. The molecule has 1 rings (SSSR count). The van der Waals surface area contributed by atoms with Crippen molar-refractivity contribution in [1.82, 2.24) is 0 Å². The summed E-state index contributed by atoms with van der Waals surface area (Å²) < 4.78 is 27.1. The standard InChI is InChI=1S/C12H17F2NO/c1-3-4-9(16)12(15)10-8(13)6-5-7(2)11(10)14/h5-6,9,12,16H,3-4,15H2,1-2H3/t9-,12-/m1/s1. The van der Waals surface area contributed by atoms with Crippen LogP contribution in [-0.4, -0.2) is 11.2 Å². The van der Waals surface area contributed by atoms with E-state index in [1.165, 1.54) is 19.1 Å². The van der Waals surface area contributed by atoms with E-state index in [1.807, 2.05) is 6.92 Å². The second-order valence-corrected chi connectivity index (χ2v) is 3.97. The van der Waals surface area contributed by atoms with Crippen molar-refractivity contribution in [1.29, 1.82) is 0 Å². The summed E-state index contributed by atoms with van der Waals surface area (Å²) in [6.45, 7) is 3.41. The Balaban J connectivity index is 3.07. The molecule has 0 fully saturated rings. The van der Waals surface area contributed by atoms with Crippen molar-refractivity contribution in [3.8, 4) is 0 Å². The van der Waals surface area contributed by atoms with Gasteiger partial charge in [-0.2, -0.15) is 0 Å². The molecule has 4 heteroatoms. The molecule has 1 aromatic carbocycles. The number of aryl methyl sites for hydroxylation is 1. The summed E-state index contributed by atoms with van der Waals surface area (Å²) in [4.78, 5) is 0. The number of hydrogen-bond acceptors (Lipinski definition) is 2. The second-order valence-electron chi connectivity index (χ2n) is 3.97.